The van der Waals surface area contributed by atoms with Gasteiger partial charge in [0.25, 0.3) is 0 Å². The van der Waals surface area contributed by atoms with Gasteiger partial charge in [-0.2, -0.15) is 0 Å². The Labute approximate surface area is 211 Å². The van der Waals surface area contributed by atoms with Crippen molar-refractivity contribution in [2.45, 2.75) is 38.5 Å². The van der Waals surface area contributed by atoms with Crippen molar-refractivity contribution in [3.05, 3.63) is 71.4 Å². The van der Waals surface area contributed by atoms with E-state index in [0.29, 0.717) is 33.8 Å². The van der Waals surface area contributed by atoms with Crippen LogP contribution >= 0.6 is 24.0 Å². The third-order valence-corrected chi connectivity index (χ3v) is 7.84. The van der Waals surface area contributed by atoms with Crippen LogP contribution in [0.15, 0.2) is 49.2 Å². The van der Waals surface area contributed by atoms with E-state index in [2.05, 4.69) is 27.6 Å². The maximum Gasteiger partial charge on any atom is 0.133 e. The van der Waals surface area contributed by atoms with E-state index in [4.69, 9.17) is 16.3 Å². The van der Waals surface area contributed by atoms with Gasteiger partial charge in [0.2, 0.25) is 0 Å². The lowest BCUT2D eigenvalue weighted by Gasteiger charge is -2.60. The molecule has 1 aromatic carbocycles. The van der Waals surface area contributed by atoms with Crippen LogP contribution < -0.4 is 9.84 Å². The number of benzene rings is 1. The van der Waals surface area contributed by atoms with Crippen molar-refractivity contribution in [3.8, 4) is 5.75 Å². The first-order chi connectivity index (χ1) is 15.9. The molecule has 0 saturated carbocycles. The van der Waals surface area contributed by atoms with E-state index in [9.17, 15) is 5.11 Å². The zero-order chi connectivity index (χ0) is 23.2. The second-order valence-electron chi connectivity index (χ2n) is 9.47. The molecule has 8 heteroatoms. The van der Waals surface area contributed by atoms with E-state index in [1.54, 1.807) is 13.3 Å². The Bertz CT molecular complexity index is 1190. The van der Waals surface area contributed by atoms with Crippen LogP contribution in [0.4, 0.5) is 0 Å². The molecule has 3 aromatic rings. The molecule has 3 saturated heterocycles. The average Bonchev–Trinajstić information content (AvgIpc) is 2.82. The smallest absolute Gasteiger partial charge is 0.133 e. The topological polar surface area (TPSA) is 71.0 Å². The number of hydrogen-bond donors (Lipinski definition) is 0. The summed E-state index contributed by atoms with van der Waals surface area (Å²) in [5.74, 6) is 2.30. The van der Waals surface area contributed by atoms with Crippen molar-refractivity contribution in [2.75, 3.05) is 20.2 Å². The summed E-state index contributed by atoms with van der Waals surface area (Å²) in [6.07, 6.45) is 4.93. The maximum atomic E-state index is 14.2. The number of pyridine rings is 1. The highest BCUT2D eigenvalue weighted by atomic mass is 35.5. The summed E-state index contributed by atoms with van der Waals surface area (Å²) in [6, 6.07) is 9.40. The SMILES string of the molecule is C=CC1C[N+]2(Cc3cc(Cl)nc(C)n3)CCC1CC2[C@H]([O-])c1ccnc2ccc(OC)cc12.Cl. The number of aryl methyl sites for hydroxylation is 1. The van der Waals surface area contributed by atoms with Crippen LogP contribution in [0.3, 0.4) is 0 Å². The van der Waals surface area contributed by atoms with Crippen LogP contribution in [0, 0.1) is 18.8 Å². The standard InChI is InChI=1S/C26H29ClN4O2.ClH/c1-4-17-14-31(15-19-12-25(27)30-16(2)29-19)10-8-18(17)11-24(31)26(32)21-7-9-28-23-6-5-20(33-3)13-22(21)23;/h4-7,9,12-13,17-18,24,26H,1,8,10-11,14-15H2,2-3H3;1H/t17?,18?,24?,26-,31?;/m1./s1. The molecule has 0 spiro atoms. The minimum atomic E-state index is -0.880. The molecule has 34 heavy (non-hydrogen) atoms. The third-order valence-electron chi connectivity index (χ3n) is 7.65. The molecular weight excluding hydrogens is 471 g/mol. The fraction of sp³-hybridized carbons (Fsp3) is 0.423. The number of fused-ring (bicyclic) bond motifs is 4. The summed E-state index contributed by atoms with van der Waals surface area (Å²) in [5.41, 5.74) is 2.51. The van der Waals surface area contributed by atoms with Gasteiger partial charge in [-0.05, 0) is 48.8 Å². The van der Waals surface area contributed by atoms with Crippen molar-refractivity contribution >= 4 is 34.9 Å². The normalized spacial score (nSPS) is 26.6. The van der Waals surface area contributed by atoms with Gasteiger partial charge in [0.1, 0.15) is 23.3 Å². The zero-order valence-electron chi connectivity index (χ0n) is 19.5. The summed E-state index contributed by atoms with van der Waals surface area (Å²) >= 11 is 6.26. The Hall–Kier alpha value is -2.25. The Morgan fingerprint density at radius 1 is 1.29 bits per heavy atom. The van der Waals surface area contributed by atoms with Crippen molar-refractivity contribution in [2.24, 2.45) is 11.8 Å². The predicted octanol–water partition coefficient (Wildman–Crippen LogP) is 4.43. The highest BCUT2D eigenvalue weighted by Crippen LogP contribution is 2.47. The Balaban J connectivity index is 0.00000274. The maximum absolute atomic E-state index is 14.2. The van der Waals surface area contributed by atoms with Crippen molar-refractivity contribution in [1.82, 2.24) is 15.0 Å². The summed E-state index contributed by atoms with van der Waals surface area (Å²) in [5, 5.41) is 15.6. The van der Waals surface area contributed by atoms with Crippen molar-refractivity contribution in [3.63, 3.8) is 0 Å². The molecule has 3 fully saturated rings. The van der Waals surface area contributed by atoms with Gasteiger partial charge in [-0.25, -0.2) is 9.97 Å². The Kier molecular flexibility index (Phi) is 7.15. The third kappa shape index (κ3) is 4.40. The van der Waals surface area contributed by atoms with Crippen LogP contribution in [-0.4, -0.2) is 45.7 Å². The molecule has 3 aliphatic rings. The number of aromatic nitrogens is 3. The van der Waals surface area contributed by atoms with E-state index in [0.717, 1.165) is 53.8 Å². The molecule has 3 aliphatic heterocycles. The fourth-order valence-corrected chi connectivity index (χ4v) is 6.33. The molecule has 6 rings (SSSR count). The van der Waals surface area contributed by atoms with Crippen LogP contribution in [0.5, 0.6) is 5.75 Å². The van der Waals surface area contributed by atoms with Gasteiger partial charge >= 0.3 is 0 Å². The van der Waals surface area contributed by atoms with Gasteiger partial charge in [0.15, 0.2) is 0 Å². The number of halogens is 2. The Morgan fingerprint density at radius 2 is 2.12 bits per heavy atom. The van der Waals surface area contributed by atoms with Gasteiger partial charge in [-0.3, -0.25) is 4.98 Å². The first kappa shape index (κ1) is 24.9. The lowest BCUT2D eigenvalue weighted by molar-refractivity contribution is -0.990. The molecule has 180 valence electrons. The molecule has 0 radical (unpaired) electrons. The highest BCUT2D eigenvalue weighted by Gasteiger charge is 2.52. The first-order valence-corrected chi connectivity index (χ1v) is 11.9. The van der Waals surface area contributed by atoms with Crippen molar-refractivity contribution in [1.29, 1.82) is 0 Å². The number of rotatable bonds is 6. The second kappa shape index (κ2) is 9.78. The van der Waals surface area contributed by atoms with E-state index in [1.165, 1.54) is 0 Å². The molecule has 5 heterocycles. The second-order valence-corrected chi connectivity index (χ2v) is 9.85. The molecule has 6 nitrogen and oxygen atoms in total. The molecule has 0 N–H and O–H groups in total. The number of quaternary nitrogens is 1. The number of methoxy groups -OCH3 is 1. The molecular formula is C26H30Cl2N4O2. The number of nitrogens with zero attached hydrogens (tertiary/aromatic N) is 4. The van der Waals surface area contributed by atoms with Crippen LogP contribution in [0.1, 0.15) is 36.0 Å². The molecule has 0 amide bonds. The largest absolute Gasteiger partial charge is 0.844 e. The van der Waals surface area contributed by atoms with Gasteiger partial charge in [0.05, 0.1) is 37.5 Å². The van der Waals surface area contributed by atoms with Gasteiger partial charge in [-0.1, -0.05) is 17.7 Å². The van der Waals surface area contributed by atoms with E-state index in [1.807, 2.05) is 37.3 Å². The highest BCUT2D eigenvalue weighted by molar-refractivity contribution is 6.29. The molecule has 0 aliphatic carbocycles. The molecule has 4 unspecified atom stereocenters. The van der Waals surface area contributed by atoms with E-state index >= 15 is 0 Å². The minimum Gasteiger partial charge on any atom is -0.844 e. The summed E-state index contributed by atoms with van der Waals surface area (Å²) in [7, 11) is 1.64. The molecule has 5 atom stereocenters. The summed E-state index contributed by atoms with van der Waals surface area (Å²) in [6.45, 7) is 8.50. The van der Waals surface area contributed by atoms with Gasteiger partial charge in [-0.15, -0.1) is 19.0 Å². The fourth-order valence-electron chi connectivity index (χ4n) is 6.09. The summed E-state index contributed by atoms with van der Waals surface area (Å²) < 4.78 is 6.14. The average molecular weight is 501 g/mol. The monoisotopic (exact) mass is 500 g/mol. The zero-order valence-corrected chi connectivity index (χ0v) is 21.1. The van der Waals surface area contributed by atoms with Crippen LogP contribution in [0.2, 0.25) is 5.15 Å². The number of piperidine rings is 3. The summed E-state index contributed by atoms with van der Waals surface area (Å²) in [4.78, 5) is 13.4. The molecule has 2 aromatic heterocycles. The van der Waals surface area contributed by atoms with Crippen LogP contribution in [-0.2, 0) is 6.54 Å². The van der Waals surface area contributed by atoms with Crippen molar-refractivity contribution < 1.29 is 14.3 Å². The quantitative estimate of drug-likeness (QED) is 0.284. The van der Waals surface area contributed by atoms with Gasteiger partial charge < -0.3 is 14.3 Å². The minimum absolute atomic E-state index is 0. The lowest BCUT2D eigenvalue weighted by Crippen LogP contribution is -2.68. The molecule has 2 bridgehead atoms. The van der Waals surface area contributed by atoms with Crippen LogP contribution in [0.25, 0.3) is 10.9 Å². The number of ether oxygens (including phenoxy) is 1. The predicted molar refractivity (Wildman–Crippen MR) is 134 cm³/mol. The number of hydrogen-bond acceptors (Lipinski definition) is 5. The Morgan fingerprint density at radius 3 is 2.85 bits per heavy atom. The van der Waals surface area contributed by atoms with E-state index < -0.39 is 6.10 Å². The van der Waals surface area contributed by atoms with E-state index in [-0.39, 0.29) is 18.4 Å². The lowest BCUT2D eigenvalue weighted by atomic mass is 9.71. The van der Waals surface area contributed by atoms with Gasteiger partial charge in [0, 0.05) is 36.4 Å². The first-order valence-electron chi connectivity index (χ1n) is 11.5.